The number of aromatic nitrogens is 3. The number of ether oxygens (including phenoxy) is 1. The van der Waals surface area contributed by atoms with Gasteiger partial charge in [-0.1, -0.05) is 5.21 Å². The van der Waals surface area contributed by atoms with Crippen LogP contribution in [0.25, 0.3) is 11.3 Å². The molecule has 39 heavy (non-hydrogen) atoms. The first-order valence-corrected chi connectivity index (χ1v) is 12.0. The highest BCUT2D eigenvalue weighted by Gasteiger charge is 2.29. The highest BCUT2D eigenvalue weighted by atomic mass is 16.5. The summed E-state index contributed by atoms with van der Waals surface area (Å²) in [6.07, 6.45) is 1.64. The lowest BCUT2D eigenvalue weighted by Crippen LogP contribution is -2.52. The number of aliphatic carboxylic acids is 3. The maximum absolute atomic E-state index is 12.4. The van der Waals surface area contributed by atoms with E-state index >= 15 is 0 Å². The van der Waals surface area contributed by atoms with Crippen LogP contribution < -0.4 is 15.4 Å². The number of hydrogen-bond acceptors (Lipinski definition) is 8. The Morgan fingerprint density at radius 2 is 1.72 bits per heavy atom. The minimum atomic E-state index is -1.47. The smallest absolute Gasteiger partial charge is 0.326 e. The van der Waals surface area contributed by atoms with Crippen molar-refractivity contribution in [2.75, 3.05) is 20.7 Å². The van der Waals surface area contributed by atoms with Crippen LogP contribution in [0.2, 0.25) is 0 Å². The quantitative estimate of drug-likeness (QED) is 0.184. The Balaban J connectivity index is 1.77. The van der Waals surface area contributed by atoms with Gasteiger partial charge in [-0.3, -0.25) is 9.59 Å². The normalized spacial score (nSPS) is 12.2. The summed E-state index contributed by atoms with van der Waals surface area (Å²) in [6, 6.07) is 3.55. The fourth-order valence-corrected chi connectivity index (χ4v) is 3.56. The van der Waals surface area contributed by atoms with Crippen molar-refractivity contribution in [3.63, 3.8) is 0 Å². The van der Waals surface area contributed by atoms with Gasteiger partial charge in [0.15, 0.2) is 0 Å². The zero-order valence-corrected chi connectivity index (χ0v) is 21.6. The first kappa shape index (κ1) is 30.5. The molecule has 0 saturated carbocycles. The van der Waals surface area contributed by atoms with Crippen LogP contribution in [-0.2, 0) is 25.7 Å². The van der Waals surface area contributed by atoms with E-state index in [1.807, 2.05) is 12.1 Å². The van der Waals surface area contributed by atoms with Gasteiger partial charge in [0.05, 0.1) is 13.3 Å². The van der Waals surface area contributed by atoms with Crippen molar-refractivity contribution in [3.05, 3.63) is 30.5 Å². The van der Waals surface area contributed by atoms with Gasteiger partial charge in [0.25, 0.3) is 0 Å². The Labute approximate surface area is 223 Å². The van der Waals surface area contributed by atoms with Gasteiger partial charge in [0.2, 0.25) is 5.91 Å². The molecule has 0 spiro atoms. The van der Waals surface area contributed by atoms with Crippen LogP contribution >= 0.6 is 0 Å². The van der Waals surface area contributed by atoms with E-state index in [0.29, 0.717) is 24.3 Å². The Hall–Kier alpha value is -4.69. The molecule has 1 heterocycles. The van der Waals surface area contributed by atoms with Gasteiger partial charge in [0.1, 0.15) is 30.1 Å². The van der Waals surface area contributed by atoms with E-state index in [2.05, 4.69) is 20.9 Å². The SMILES string of the molecule is COc1ccc(-c2cn(CC(=O)NCCCC[C@@H](C(=O)O)N(C)C(=O)NC(CCC(=O)O)C(=O)O)nn2)cc1. The van der Waals surface area contributed by atoms with Gasteiger partial charge in [-0.15, -0.1) is 5.10 Å². The van der Waals surface area contributed by atoms with Gasteiger partial charge in [-0.05, 0) is 49.9 Å². The molecule has 3 amide bonds. The highest BCUT2D eigenvalue weighted by molar-refractivity contribution is 5.86. The molecule has 0 fully saturated rings. The van der Waals surface area contributed by atoms with Crippen LogP contribution in [0.3, 0.4) is 0 Å². The van der Waals surface area contributed by atoms with Crippen LogP contribution in [0.1, 0.15) is 32.1 Å². The van der Waals surface area contributed by atoms with Gasteiger partial charge < -0.3 is 35.6 Å². The molecule has 1 aromatic carbocycles. The molecule has 0 aliphatic rings. The second-order valence-electron chi connectivity index (χ2n) is 8.61. The van der Waals surface area contributed by atoms with E-state index in [4.69, 9.17) is 9.84 Å². The van der Waals surface area contributed by atoms with Crippen molar-refractivity contribution < 1.29 is 44.0 Å². The van der Waals surface area contributed by atoms with Crippen LogP contribution in [0.15, 0.2) is 30.5 Å². The van der Waals surface area contributed by atoms with Gasteiger partial charge >= 0.3 is 23.9 Å². The van der Waals surface area contributed by atoms with Crippen molar-refractivity contribution in [1.29, 1.82) is 0 Å². The zero-order valence-electron chi connectivity index (χ0n) is 21.6. The molecule has 15 nitrogen and oxygen atoms in total. The summed E-state index contributed by atoms with van der Waals surface area (Å²) in [5.74, 6) is -3.54. The number of urea groups is 1. The molecule has 0 saturated heterocycles. The number of carboxylic acid groups (broad SMARTS) is 3. The monoisotopic (exact) mass is 548 g/mol. The Bertz CT molecular complexity index is 1150. The fourth-order valence-electron chi connectivity index (χ4n) is 3.56. The number of unbranched alkanes of at least 4 members (excludes halogenated alkanes) is 1. The molecule has 212 valence electrons. The number of amides is 3. The third-order valence-electron chi connectivity index (χ3n) is 5.77. The van der Waals surface area contributed by atoms with Gasteiger partial charge in [-0.25, -0.2) is 19.1 Å². The number of carboxylic acids is 3. The van der Waals surface area contributed by atoms with Crippen molar-refractivity contribution in [2.24, 2.45) is 0 Å². The molecule has 0 bridgehead atoms. The number of rotatable bonds is 16. The van der Waals surface area contributed by atoms with E-state index in [-0.39, 0.29) is 31.8 Å². The predicted molar refractivity (Wildman–Crippen MR) is 135 cm³/mol. The molecule has 15 heteroatoms. The third kappa shape index (κ3) is 9.94. The minimum Gasteiger partial charge on any atom is -0.497 e. The second-order valence-corrected chi connectivity index (χ2v) is 8.61. The van der Waals surface area contributed by atoms with E-state index < -0.39 is 42.4 Å². The first-order chi connectivity index (χ1) is 18.5. The van der Waals surface area contributed by atoms with Crippen LogP contribution in [0.4, 0.5) is 4.79 Å². The lowest BCUT2D eigenvalue weighted by atomic mass is 10.1. The van der Waals surface area contributed by atoms with E-state index in [0.717, 1.165) is 10.5 Å². The van der Waals surface area contributed by atoms with Gasteiger partial charge in [0, 0.05) is 25.6 Å². The molecule has 0 radical (unpaired) electrons. The second kappa shape index (κ2) is 14.9. The Morgan fingerprint density at radius 1 is 1.03 bits per heavy atom. The molecule has 1 aromatic heterocycles. The fraction of sp³-hybridized carbons (Fsp3) is 0.458. The van der Waals surface area contributed by atoms with Crippen LogP contribution in [-0.4, -0.2) is 97.8 Å². The largest absolute Gasteiger partial charge is 0.497 e. The average molecular weight is 549 g/mol. The highest BCUT2D eigenvalue weighted by Crippen LogP contribution is 2.19. The lowest BCUT2D eigenvalue weighted by molar-refractivity contribution is -0.142. The summed E-state index contributed by atoms with van der Waals surface area (Å²) in [7, 11) is 2.78. The predicted octanol–water partition coefficient (Wildman–Crippen LogP) is 0.653. The molecule has 2 rings (SSSR count). The Morgan fingerprint density at radius 3 is 2.31 bits per heavy atom. The van der Waals surface area contributed by atoms with E-state index in [9.17, 15) is 34.2 Å². The van der Waals surface area contributed by atoms with Crippen LogP contribution in [0, 0.1) is 0 Å². The first-order valence-electron chi connectivity index (χ1n) is 12.0. The minimum absolute atomic E-state index is 0.0519. The van der Waals surface area contributed by atoms with E-state index in [1.54, 1.807) is 25.4 Å². The maximum atomic E-state index is 12.4. The number of methoxy groups -OCH3 is 1. The summed E-state index contributed by atoms with van der Waals surface area (Å²) in [6.45, 7) is 0.202. The maximum Gasteiger partial charge on any atom is 0.326 e. The number of carbonyl (C=O) groups excluding carboxylic acids is 2. The Kier molecular flexibility index (Phi) is 11.7. The lowest BCUT2D eigenvalue weighted by Gasteiger charge is -2.26. The summed E-state index contributed by atoms with van der Waals surface area (Å²) >= 11 is 0. The summed E-state index contributed by atoms with van der Waals surface area (Å²) in [5, 5.41) is 40.3. The van der Waals surface area contributed by atoms with Crippen molar-refractivity contribution in [3.8, 4) is 17.0 Å². The molecule has 2 atom stereocenters. The third-order valence-corrected chi connectivity index (χ3v) is 5.77. The average Bonchev–Trinajstić information content (AvgIpc) is 3.35. The molecule has 0 aliphatic carbocycles. The number of nitrogens with zero attached hydrogens (tertiary/aromatic N) is 4. The van der Waals surface area contributed by atoms with Crippen molar-refractivity contribution in [2.45, 2.75) is 50.7 Å². The number of hydrogen-bond donors (Lipinski definition) is 5. The van der Waals surface area contributed by atoms with Crippen LogP contribution in [0.5, 0.6) is 5.75 Å². The number of carbonyl (C=O) groups is 5. The standard InChI is InChI=1S/C24H32N6O9/c1-29(24(38)26-17(22(34)35)10-11-21(32)33)19(23(36)37)5-3-4-12-25-20(31)14-30-13-18(27-28-30)15-6-8-16(39-2)9-7-15/h6-9,13,17,19H,3-5,10-12,14H2,1-2H3,(H,25,31)(H,26,38)(H,32,33)(H,34,35)(H,36,37)/t17?,19-/m0/s1. The zero-order chi connectivity index (χ0) is 28.9. The molecule has 1 unspecified atom stereocenters. The van der Waals surface area contributed by atoms with Gasteiger partial charge in [-0.2, -0.15) is 0 Å². The van der Waals surface area contributed by atoms with E-state index in [1.165, 1.54) is 11.7 Å². The summed E-state index contributed by atoms with van der Waals surface area (Å²) in [5.41, 5.74) is 1.41. The molecule has 2 aromatic rings. The molecular weight excluding hydrogens is 516 g/mol. The number of nitrogens with one attached hydrogen (secondary N) is 2. The number of benzene rings is 1. The summed E-state index contributed by atoms with van der Waals surface area (Å²) in [4.78, 5) is 59.2. The molecular formula is C24H32N6O9. The molecule has 0 aliphatic heterocycles. The molecule has 5 N–H and O–H groups in total. The summed E-state index contributed by atoms with van der Waals surface area (Å²) < 4.78 is 6.51. The topological polar surface area (TPSA) is 213 Å². The van der Waals surface area contributed by atoms with Crippen molar-refractivity contribution >= 4 is 29.8 Å². The number of likely N-dealkylation sites (N-methyl/N-ethyl adjacent to an activating group) is 1. The van der Waals surface area contributed by atoms with Crippen molar-refractivity contribution in [1.82, 2.24) is 30.5 Å².